The largest absolute Gasteiger partial charge is 0.496 e. The third-order valence-corrected chi connectivity index (χ3v) is 2.94. The molecule has 0 radical (unpaired) electrons. The number of methoxy groups -OCH3 is 1. The van der Waals surface area contributed by atoms with Gasteiger partial charge in [0.05, 0.1) is 7.11 Å². The summed E-state index contributed by atoms with van der Waals surface area (Å²) in [5, 5.41) is 20.5. The quantitative estimate of drug-likeness (QED) is 0.864. The van der Waals surface area contributed by atoms with E-state index in [2.05, 4.69) is 5.32 Å². The number of nitrogens with one attached hydrogen (secondary N) is 1. The zero-order valence-electron chi connectivity index (χ0n) is 11.5. The predicted molar refractivity (Wildman–Crippen MR) is 81.4 cm³/mol. The van der Waals surface area contributed by atoms with Crippen molar-refractivity contribution in [2.45, 2.75) is 0 Å². The summed E-state index contributed by atoms with van der Waals surface area (Å²) < 4.78 is 5.37. The Balaban J connectivity index is 2.45. The van der Waals surface area contributed by atoms with Crippen molar-refractivity contribution < 1.29 is 4.74 Å². The van der Waals surface area contributed by atoms with Gasteiger partial charge in [-0.25, -0.2) is 0 Å². The maximum absolute atomic E-state index is 8.77. The molecule has 4 nitrogen and oxygen atoms in total. The summed E-state index contributed by atoms with van der Waals surface area (Å²) in [6.07, 6.45) is 1.40. The Morgan fingerprint density at radius 1 is 1.00 bits per heavy atom. The van der Waals surface area contributed by atoms with Gasteiger partial charge in [-0.2, -0.15) is 10.5 Å². The maximum Gasteiger partial charge on any atom is 0.145 e. The molecule has 102 valence electrons. The number of allylic oxidation sites excluding steroid dienone is 1. The van der Waals surface area contributed by atoms with Gasteiger partial charge >= 0.3 is 0 Å². The number of hydrogen-bond acceptors (Lipinski definition) is 4. The minimum atomic E-state index is 0.0184. The van der Waals surface area contributed by atoms with Gasteiger partial charge in [0.15, 0.2) is 0 Å². The molecule has 2 aromatic carbocycles. The molecule has 0 aliphatic rings. The SMILES string of the molecule is COc1ccccc1-c1ccccc1NC=C(C#N)C#N. The molecule has 0 aromatic heterocycles. The molecule has 0 aliphatic heterocycles. The van der Waals surface area contributed by atoms with Gasteiger partial charge < -0.3 is 10.1 Å². The number of nitrogens with zero attached hydrogens (tertiary/aromatic N) is 2. The van der Waals surface area contributed by atoms with Crippen LogP contribution in [0.1, 0.15) is 0 Å². The van der Waals surface area contributed by atoms with E-state index in [4.69, 9.17) is 15.3 Å². The van der Waals surface area contributed by atoms with Crippen LogP contribution in [-0.4, -0.2) is 7.11 Å². The average molecular weight is 275 g/mol. The van der Waals surface area contributed by atoms with Crippen molar-refractivity contribution in [2.75, 3.05) is 12.4 Å². The van der Waals surface area contributed by atoms with Crippen LogP contribution in [-0.2, 0) is 0 Å². The van der Waals surface area contributed by atoms with E-state index in [0.29, 0.717) is 0 Å². The number of hydrogen-bond donors (Lipinski definition) is 1. The minimum Gasteiger partial charge on any atom is -0.496 e. The van der Waals surface area contributed by atoms with Gasteiger partial charge in [0.1, 0.15) is 23.5 Å². The lowest BCUT2D eigenvalue weighted by molar-refractivity contribution is 0.416. The van der Waals surface area contributed by atoms with Crippen LogP contribution in [0.4, 0.5) is 5.69 Å². The Bertz CT molecular complexity index is 735. The van der Waals surface area contributed by atoms with Crippen LogP contribution in [0.15, 0.2) is 60.3 Å². The van der Waals surface area contributed by atoms with Crippen LogP contribution < -0.4 is 10.1 Å². The topological polar surface area (TPSA) is 68.8 Å². The molecule has 0 fully saturated rings. The van der Waals surface area contributed by atoms with E-state index >= 15 is 0 Å². The number of para-hydroxylation sites is 2. The fourth-order valence-corrected chi connectivity index (χ4v) is 1.95. The molecule has 0 unspecified atom stereocenters. The first kappa shape index (κ1) is 14.2. The molecule has 0 atom stereocenters. The van der Waals surface area contributed by atoms with E-state index in [9.17, 15) is 0 Å². The average Bonchev–Trinajstić information content (AvgIpc) is 2.56. The molecule has 0 saturated heterocycles. The van der Waals surface area contributed by atoms with Crippen LogP contribution in [0.5, 0.6) is 5.75 Å². The highest BCUT2D eigenvalue weighted by Crippen LogP contribution is 2.34. The van der Waals surface area contributed by atoms with Crippen LogP contribution in [0.3, 0.4) is 0 Å². The first-order valence-electron chi connectivity index (χ1n) is 6.29. The van der Waals surface area contributed by atoms with Gasteiger partial charge in [0, 0.05) is 23.0 Å². The molecule has 0 heterocycles. The Kier molecular flexibility index (Phi) is 4.58. The molecule has 0 saturated carbocycles. The van der Waals surface area contributed by atoms with Crippen molar-refractivity contribution in [1.29, 1.82) is 10.5 Å². The summed E-state index contributed by atoms with van der Waals surface area (Å²) in [5.74, 6) is 0.761. The van der Waals surface area contributed by atoms with Gasteiger partial charge in [0.25, 0.3) is 0 Å². The zero-order valence-corrected chi connectivity index (χ0v) is 11.5. The van der Waals surface area contributed by atoms with E-state index in [1.54, 1.807) is 7.11 Å². The molecule has 0 aliphatic carbocycles. The lowest BCUT2D eigenvalue weighted by Gasteiger charge is -2.12. The fraction of sp³-hybridized carbons (Fsp3) is 0.0588. The predicted octanol–water partition coefficient (Wildman–Crippen LogP) is 3.71. The second-order valence-corrected chi connectivity index (χ2v) is 4.17. The standard InChI is InChI=1S/C17H13N3O/c1-21-17-9-5-3-7-15(17)14-6-2-4-8-16(14)20-12-13(10-18)11-19/h2-9,12,20H,1H3. The van der Waals surface area contributed by atoms with E-state index in [0.717, 1.165) is 22.6 Å². The van der Waals surface area contributed by atoms with Gasteiger partial charge in [-0.15, -0.1) is 0 Å². The van der Waals surface area contributed by atoms with Gasteiger partial charge in [-0.05, 0) is 12.1 Å². The van der Waals surface area contributed by atoms with Gasteiger partial charge in [0.2, 0.25) is 0 Å². The first-order valence-corrected chi connectivity index (χ1v) is 6.29. The van der Waals surface area contributed by atoms with E-state index in [1.165, 1.54) is 6.20 Å². The Hall–Kier alpha value is -3.24. The summed E-state index contributed by atoms with van der Waals surface area (Å²) in [6, 6.07) is 18.9. The Morgan fingerprint density at radius 3 is 2.29 bits per heavy atom. The number of anilines is 1. The van der Waals surface area contributed by atoms with Crippen LogP contribution in [0, 0.1) is 22.7 Å². The zero-order chi connectivity index (χ0) is 15.1. The summed E-state index contributed by atoms with van der Waals surface area (Å²) in [4.78, 5) is 0. The van der Waals surface area contributed by atoms with Crippen molar-refractivity contribution in [2.24, 2.45) is 0 Å². The Morgan fingerprint density at radius 2 is 1.62 bits per heavy atom. The fourth-order valence-electron chi connectivity index (χ4n) is 1.95. The highest BCUT2D eigenvalue weighted by atomic mass is 16.5. The second-order valence-electron chi connectivity index (χ2n) is 4.17. The van der Waals surface area contributed by atoms with Crippen LogP contribution in [0.2, 0.25) is 0 Å². The van der Waals surface area contributed by atoms with Gasteiger partial charge in [-0.1, -0.05) is 36.4 Å². The van der Waals surface area contributed by atoms with Crippen molar-refractivity contribution in [3.63, 3.8) is 0 Å². The van der Waals surface area contributed by atoms with Crippen molar-refractivity contribution in [1.82, 2.24) is 0 Å². The maximum atomic E-state index is 8.77. The number of nitriles is 2. The summed E-state index contributed by atoms with van der Waals surface area (Å²) in [6.45, 7) is 0. The molecule has 0 amide bonds. The van der Waals surface area contributed by atoms with Crippen LogP contribution in [0.25, 0.3) is 11.1 Å². The first-order chi connectivity index (χ1) is 10.3. The lowest BCUT2D eigenvalue weighted by atomic mass is 10.0. The second kappa shape index (κ2) is 6.79. The van der Waals surface area contributed by atoms with Crippen molar-refractivity contribution in [3.05, 3.63) is 60.3 Å². The molecule has 1 N–H and O–H groups in total. The monoisotopic (exact) mass is 275 g/mol. The molecular formula is C17H13N3O. The minimum absolute atomic E-state index is 0.0184. The molecule has 0 bridgehead atoms. The highest BCUT2D eigenvalue weighted by Gasteiger charge is 2.08. The summed E-state index contributed by atoms with van der Waals surface area (Å²) in [5.41, 5.74) is 2.68. The summed E-state index contributed by atoms with van der Waals surface area (Å²) in [7, 11) is 1.62. The normalized spacial score (nSPS) is 9.10. The van der Waals surface area contributed by atoms with Gasteiger partial charge in [-0.3, -0.25) is 0 Å². The number of benzene rings is 2. The lowest BCUT2D eigenvalue weighted by Crippen LogP contribution is -1.94. The highest BCUT2D eigenvalue weighted by molar-refractivity contribution is 5.82. The third-order valence-electron chi connectivity index (χ3n) is 2.94. The summed E-state index contributed by atoms with van der Waals surface area (Å²) >= 11 is 0. The molecule has 2 aromatic rings. The molecule has 21 heavy (non-hydrogen) atoms. The van der Waals surface area contributed by atoms with Crippen LogP contribution >= 0.6 is 0 Å². The number of ether oxygens (including phenoxy) is 1. The van der Waals surface area contributed by atoms with Crippen molar-refractivity contribution >= 4 is 5.69 Å². The molecule has 0 spiro atoms. The van der Waals surface area contributed by atoms with E-state index < -0.39 is 0 Å². The molecular weight excluding hydrogens is 262 g/mol. The molecule has 4 heteroatoms. The smallest absolute Gasteiger partial charge is 0.145 e. The molecule has 2 rings (SSSR count). The van der Waals surface area contributed by atoms with E-state index in [1.807, 2.05) is 60.7 Å². The Labute approximate surface area is 123 Å². The number of rotatable bonds is 4. The van der Waals surface area contributed by atoms with E-state index in [-0.39, 0.29) is 5.57 Å². The third kappa shape index (κ3) is 3.20. The van der Waals surface area contributed by atoms with Crippen molar-refractivity contribution in [3.8, 4) is 29.0 Å².